The third-order valence-corrected chi connectivity index (χ3v) is 4.21. The molecule has 0 saturated carbocycles. The highest BCUT2D eigenvalue weighted by molar-refractivity contribution is 4.96. The van der Waals surface area contributed by atoms with E-state index < -0.39 is 68.0 Å². The Morgan fingerprint density at radius 2 is 1.59 bits per heavy atom. The van der Waals surface area contributed by atoms with Crippen LogP contribution in [0.15, 0.2) is 0 Å². The first-order chi connectivity index (χ1) is 10.4. The van der Waals surface area contributed by atoms with Gasteiger partial charge in [-0.15, -0.1) is 0 Å². The maximum absolute atomic E-state index is 10.1. The molecule has 22 heavy (non-hydrogen) atoms. The molecule has 3 aliphatic heterocycles. The zero-order valence-corrected chi connectivity index (χ0v) is 11.5. The molecule has 10 heteroatoms. The fraction of sp³-hybridized carbons (Fsp3) is 1.00. The SMILES string of the molecule is OC[C@H]1O[C@@H](O[C@@H]2[C@@H](O)[C@H]3OC[C@@H](O3)[C@H]2O)[C@H](O)[C@@H](O)[C@@H]1O. The van der Waals surface area contributed by atoms with Gasteiger partial charge in [-0.3, -0.25) is 0 Å². The van der Waals surface area contributed by atoms with Crippen molar-refractivity contribution in [2.75, 3.05) is 13.2 Å². The summed E-state index contributed by atoms with van der Waals surface area (Å²) in [7, 11) is 0. The van der Waals surface area contributed by atoms with Crippen LogP contribution in [0.3, 0.4) is 0 Å². The van der Waals surface area contributed by atoms with Crippen molar-refractivity contribution < 1.29 is 49.6 Å². The van der Waals surface area contributed by atoms with Gasteiger partial charge in [0.15, 0.2) is 12.6 Å². The van der Waals surface area contributed by atoms with Gasteiger partial charge < -0.3 is 49.6 Å². The van der Waals surface area contributed by atoms with Gasteiger partial charge in [-0.2, -0.15) is 0 Å². The Balaban J connectivity index is 1.71. The van der Waals surface area contributed by atoms with E-state index in [1.807, 2.05) is 0 Å². The molecule has 6 N–H and O–H groups in total. The number of aliphatic hydroxyl groups is 6. The zero-order chi connectivity index (χ0) is 16.0. The summed E-state index contributed by atoms with van der Waals surface area (Å²) in [6.07, 6.45) is -12.6. The van der Waals surface area contributed by atoms with E-state index in [9.17, 15) is 25.5 Å². The standard InChI is InChI=1S/C12H20O10/c13-1-3-5(14)7(16)8(17)12(20-3)22-10-6(15)4-2-19-11(21-4)9(10)18/h3-18H,1-2H2/t3-,4-,5-,6-,7+,8-,9-,10+,11+,12+/m1/s1. The van der Waals surface area contributed by atoms with Crippen molar-refractivity contribution in [1.82, 2.24) is 0 Å². The Morgan fingerprint density at radius 1 is 0.864 bits per heavy atom. The van der Waals surface area contributed by atoms with Crippen molar-refractivity contribution in [3.8, 4) is 0 Å². The molecule has 0 spiro atoms. The van der Waals surface area contributed by atoms with Crippen LogP contribution in [0.25, 0.3) is 0 Å². The molecule has 3 fully saturated rings. The highest BCUT2D eigenvalue weighted by Crippen LogP contribution is 2.32. The average Bonchev–Trinajstić information content (AvgIpc) is 2.96. The Morgan fingerprint density at radius 3 is 2.27 bits per heavy atom. The Bertz CT molecular complexity index is 376. The lowest BCUT2D eigenvalue weighted by molar-refractivity contribution is -0.341. The van der Waals surface area contributed by atoms with Crippen molar-refractivity contribution in [1.29, 1.82) is 0 Å². The second-order valence-corrected chi connectivity index (χ2v) is 5.66. The minimum Gasteiger partial charge on any atom is -0.394 e. The smallest absolute Gasteiger partial charge is 0.187 e. The molecule has 3 saturated heterocycles. The predicted octanol–water partition coefficient (Wildman–Crippen LogP) is -4.35. The third-order valence-electron chi connectivity index (χ3n) is 4.21. The molecule has 128 valence electrons. The molecule has 2 bridgehead atoms. The number of ether oxygens (including phenoxy) is 4. The monoisotopic (exact) mass is 324 g/mol. The van der Waals surface area contributed by atoms with E-state index in [0.717, 1.165) is 0 Å². The van der Waals surface area contributed by atoms with Gasteiger partial charge in [0.2, 0.25) is 0 Å². The van der Waals surface area contributed by atoms with E-state index in [4.69, 9.17) is 24.1 Å². The maximum Gasteiger partial charge on any atom is 0.187 e. The molecular weight excluding hydrogens is 304 g/mol. The third kappa shape index (κ3) is 2.65. The van der Waals surface area contributed by atoms with Crippen LogP contribution < -0.4 is 0 Å². The van der Waals surface area contributed by atoms with Crippen LogP contribution in [0.5, 0.6) is 0 Å². The first-order valence-corrected chi connectivity index (χ1v) is 7.03. The minimum absolute atomic E-state index is 0.0947. The van der Waals surface area contributed by atoms with Crippen molar-refractivity contribution in [2.45, 2.75) is 61.4 Å². The normalized spacial score (nSPS) is 55.4. The van der Waals surface area contributed by atoms with Crippen LogP contribution in [0, 0.1) is 0 Å². The molecule has 10 nitrogen and oxygen atoms in total. The molecular formula is C12H20O10. The summed E-state index contributed by atoms with van der Waals surface area (Å²) in [6.45, 7) is -0.504. The van der Waals surface area contributed by atoms with E-state index >= 15 is 0 Å². The molecule has 3 rings (SSSR count). The fourth-order valence-electron chi connectivity index (χ4n) is 2.86. The lowest BCUT2D eigenvalue weighted by atomic mass is 9.98. The second-order valence-electron chi connectivity index (χ2n) is 5.66. The van der Waals surface area contributed by atoms with Gasteiger partial charge in [0.25, 0.3) is 0 Å². The van der Waals surface area contributed by atoms with Crippen LogP contribution in [0.1, 0.15) is 0 Å². The summed E-state index contributed by atoms with van der Waals surface area (Å²) in [5.74, 6) is 0. The Hall–Kier alpha value is -0.400. The quantitative estimate of drug-likeness (QED) is 0.299. The van der Waals surface area contributed by atoms with Crippen LogP contribution in [0.4, 0.5) is 0 Å². The molecule has 0 aliphatic carbocycles. The summed E-state index contributed by atoms with van der Waals surface area (Å²) in [4.78, 5) is 0. The molecule has 0 radical (unpaired) electrons. The van der Waals surface area contributed by atoms with E-state index in [0.29, 0.717) is 0 Å². The van der Waals surface area contributed by atoms with Gasteiger partial charge in [-0.1, -0.05) is 0 Å². The highest BCUT2D eigenvalue weighted by Gasteiger charge is 2.53. The molecule has 0 aromatic heterocycles. The van der Waals surface area contributed by atoms with Crippen LogP contribution in [-0.4, -0.2) is 105 Å². The van der Waals surface area contributed by atoms with Gasteiger partial charge in [0.1, 0.15) is 48.8 Å². The van der Waals surface area contributed by atoms with E-state index in [1.165, 1.54) is 0 Å². The van der Waals surface area contributed by atoms with Gasteiger partial charge in [0, 0.05) is 0 Å². The van der Waals surface area contributed by atoms with Gasteiger partial charge >= 0.3 is 0 Å². The Labute approximate surface area is 125 Å². The number of rotatable bonds is 3. The van der Waals surface area contributed by atoms with Gasteiger partial charge in [-0.05, 0) is 0 Å². The molecule has 3 heterocycles. The second kappa shape index (κ2) is 6.24. The first kappa shape index (κ1) is 16.5. The first-order valence-electron chi connectivity index (χ1n) is 7.03. The summed E-state index contributed by atoms with van der Waals surface area (Å²) >= 11 is 0. The lowest BCUT2D eigenvalue weighted by Gasteiger charge is -2.43. The van der Waals surface area contributed by atoms with Crippen molar-refractivity contribution in [3.63, 3.8) is 0 Å². The predicted molar refractivity (Wildman–Crippen MR) is 65.3 cm³/mol. The zero-order valence-electron chi connectivity index (χ0n) is 11.5. The fourth-order valence-corrected chi connectivity index (χ4v) is 2.86. The van der Waals surface area contributed by atoms with E-state index in [1.54, 1.807) is 0 Å². The maximum atomic E-state index is 10.1. The van der Waals surface area contributed by atoms with Gasteiger partial charge in [0.05, 0.1) is 13.2 Å². The topological polar surface area (TPSA) is 158 Å². The number of fused-ring (bicyclic) bond motifs is 2. The molecule has 0 amide bonds. The highest BCUT2D eigenvalue weighted by atomic mass is 16.8. The molecule has 0 unspecified atom stereocenters. The van der Waals surface area contributed by atoms with Crippen molar-refractivity contribution in [3.05, 3.63) is 0 Å². The summed E-state index contributed by atoms with van der Waals surface area (Å²) in [5, 5.41) is 58.6. The lowest BCUT2D eigenvalue weighted by Crippen LogP contribution is -2.63. The molecule has 3 aliphatic rings. The van der Waals surface area contributed by atoms with Crippen LogP contribution in [0.2, 0.25) is 0 Å². The average molecular weight is 324 g/mol. The molecule has 0 aromatic carbocycles. The minimum atomic E-state index is -1.61. The molecule has 0 aromatic rings. The summed E-state index contributed by atoms with van der Waals surface area (Å²) in [6, 6.07) is 0. The number of aliphatic hydroxyl groups excluding tert-OH is 6. The largest absolute Gasteiger partial charge is 0.394 e. The molecule has 10 atom stereocenters. The Kier molecular flexibility index (Phi) is 4.67. The number of hydrogen-bond acceptors (Lipinski definition) is 10. The van der Waals surface area contributed by atoms with E-state index in [2.05, 4.69) is 0 Å². The van der Waals surface area contributed by atoms with Gasteiger partial charge in [-0.25, -0.2) is 0 Å². The summed E-state index contributed by atoms with van der Waals surface area (Å²) in [5.41, 5.74) is 0. The number of hydrogen-bond donors (Lipinski definition) is 6. The van der Waals surface area contributed by atoms with Crippen molar-refractivity contribution in [2.24, 2.45) is 0 Å². The van der Waals surface area contributed by atoms with E-state index in [-0.39, 0.29) is 6.61 Å². The van der Waals surface area contributed by atoms with Crippen LogP contribution >= 0.6 is 0 Å². The van der Waals surface area contributed by atoms with Crippen molar-refractivity contribution >= 4 is 0 Å². The summed E-state index contributed by atoms with van der Waals surface area (Å²) < 4.78 is 20.9. The van der Waals surface area contributed by atoms with Crippen LogP contribution in [-0.2, 0) is 18.9 Å².